The van der Waals surface area contributed by atoms with E-state index in [1.54, 1.807) is 57.7 Å². The molecule has 0 unspecified atom stereocenters. The van der Waals surface area contributed by atoms with Gasteiger partial charge in [0.15, 0.2) is 11.5 Å². The number of aromatic amines is 1. The fraction of sp³-hybridized carbons (Fsp3) is 0.310. The summed E-state index contributed by atoms with van der Waals surface area (Å²) in [5.74, 6) is 1.72. The Morgan fingerprint density at radius 3 is 2.43 bits per heavy atom. The van der Waals surface area contributed by atoms with Crippen LogP contribution < -0.4 is 36.6 Å². The van der Waals surface area contributed by atoms with E-state index in [2.05, 4.69) is 40.0 Å². The summed E-state index contributed by atoms with van der Waals surface area (Å²) in [6, 6.07) is 19.1. The molecule has 0 spiro atoms. The number of nitrogens with zero attached hydrogens (tertiary/aromatic N) is 2. The molecule has 51 heavy (non-hydrogen) atoms. The average molecular weight is 687 g/mol. The number of nitrogens with one attached hydrogen (secondary N) is 2. The summed E-state index contributed by atoms with van der Waals surface area (Å²) >= 11 is 0. The number of aromatic nitrogens is 2. The van der Waals surface area contributed by atoms with Gasteiger partial charge >= 0.3 is 0 Å². The summed E-state index contributed by atoms with van der Waals surface area (Å²) in [5, 5.41) is 3.44. The molecule has 0 fully saturated rings. The second kappa shape index (κ2) is 15.6. The highest BCUT2D eigenvalue weighted by Gasteiger charge is 2.19. The van der Waals surface area contributed by atoms with Gasteiger partial charge in [-0.1, -0.05) is 42.5 Å². The van der Waals surface area contributed by atoms with E-state index in [9.17, 15) is 14.4 Å². The first-order valence-corrected chi connectivity index (χ1v) is 17.5. The molecule has 3 aromatic carbocycles. The molecule has 0 saturated heterocycles. The van der Waals surface area contributed by atoms with Crippen molar-refractivity contribution in [1.29, 1.82) is 0 Å². The van der Waals surface area contributed by atoms with Crippen LogP contribution in [0.1, 0.15) is 58.8 Å². The molecule has 6 rings (SSSR count). The zero-order chi connectivity index (χ0) is 36.1. The van der Waals surface area contributed by atoms with Crippen molar-refractivity contribution in [2.75, 3.05) is 32.6 Å². The molecule has 4 aromatic rings. The summed E-state index contributed by atoms with van der Waals surface area (Å²) in [4.78, 5) is 44.8. The van der Waals surface area contributed by atoms with Gasteiger partial charge in [-0.15, -0.1) is 0 Å². The van der Waals surface area contributed by atoms with E-state index < -0.39 is 0 Å². The van der Waals surface area contributed by atoms with Crippen molar-refractivity contribution in [2.24, 2.45) is 13.0 Å². The first-order valence-electron chi connectivity index (χ1n) is 17.5. The lowest BCUT2D eigenvalue weighted by atomic mass is 9.85. The molecule has 9 nitrogen and oxygen atoms in total. The Bertz CT molecular complexity index is 2230. The quantitative estimate of drug-likeness (QED) is 0.231. The predicted octanol–water partition coefficient (Wildman–Crippen LogP) is 4.86. The summed E-state index contributed by atoms with van der Waals surface area (Å²) in [5.41, 5.74) is 7.08. The van der Waals surface area contributed by atoms with E-state index in [1.807, 2.05) is 31.2 Å². The minimum atomic E-state index is -0.341. The molecule has 2 N–H and O–H groups in total. The van der Waals surface area contributed by atoms with Crippen LogP contribution in [-0.2, 0) is 26.4 Å². The average Bonchev–Trinajstić information content (AvgIpc) is 3.14. The summed E-state index contributed by atoms with van der Waals surface area (Å²) in [6.45, 7) is 8.88. The van der Waals surface area contributed by atoms with Crippen molar-refractivity contribution < 1.29 is 14.3 Å². The number of anilines is 1. The van der Waals surface area contributed by atoms with Gasteiger partial charge in [-0.3, -0.25) is 19.3 Å². The topological polar surface area (TPSA) is 106 Å². The maximum absolute atomic E-state index is 13.3. The van der Waals surface area contributed by atoms with Crippen LogP contribution in [-0.4, -0.2) is 47.7 Å². The molecule has 0 bridgehead atoms. The third-order valence-electron chi connectivity index (χ3n) is 10.0. The molecule has 1 aromatic heterocycles. The van der Waals surface area contributed by atoms with Crippen LogP contribution in [0.2, 0.25) is 0 Å². The fourth-order valence-electron chi connectivity index (χ4n) is 6.87. The normalized spacial score (nSPS) is 16.7. The second-order valence-corrected chi connectivity index (χ2v) is 13.5. The zero-order valence-electron chi connectivity index (χ0n) is 29.9. The van der Waals surface area contributed by atoms with Gasteiger partial charge < -0.3 is 24.3 Å². The van der Waals surface area contributed by atoms with E-state index in [0.29, 0.717) is 28.1 Å². The largest absolute Gasteiger partial charge is 0.493 e. The van der Waals surface area contributed by atoms with Crippen LogP contribution in [0.5, 0.6) is 11.5 Å². The third kappa shape index (κ3) is 8.32. The van der Waals surface area contributed by atoms with Crippen molar-refractivity contribution in [3.05, 3.63) is 144 Å². The first kappa shape index (κ1) is 35.4. The lowest BCUT2D eigenvalue weighted by Crippen LogP contribution is -2.52. The van der Waals surface area contributed by atoms with Crippen LogP contribution in [0.15, 0.2) is 94.1 Å². The van der Waals surface area contributed by atoms with Gasteiger partial charge in [-0.05, 0) is 121 Å². The number of carbonyl (C=O) groups excluding carboxylic acids is 1. The van der Waals surface area contributed by atoms with Gasteiger partial charge in [0, 0.05) is 37.9 Å². The number of methoxy groups -OCH3 is 2. The van der Waals surface area contributed by atoms with Crippen LogP contribution in [0.3, 0.4) is 0 Å². The molecular weight excluding hydrogens is 640 g/mol. The zero-order valence-corrected chi connectivity index (χ0v) is 29.9. The van der Waals surface area contributed by atoms with E-state index >= 15 is 0 Å². The SMILES string of the molecule is C=C(C)[C@@H]1CC=C(C=c2c(=O)[nH]c(=Cc3cccc(C(=O)Nc4ccc(CCN5CCc6cc(OC)c(OC)cc6C5)cc4)c3)c(=O)n2C)CC1. The Morgan fingerprint density at radius 2 is 1.75 bits per heavy atom. The highest BCUT2D eigenvalue weighted by molar-refractivity contribution is 6.04. The highest BCUT2D eigenvalue weighted by Crippen LogP contribution is 2.33. The Kier molecular flexibility index (Phi) is 10.9. The Morgan fingerprint density at radius 1 is 1.00 bits per heavy atom. The maximum atomic E-state index is 13.3. The molecule has 2 aliphatic rings. The summed E-state index contributed by atoms with van der Waals surface area (Å²) < 4.78 is 12.4. The minimum absolute atomic E-state index is 0.154. The number of rotatable bonds is 10. The van der Waals surface area contributed by atoms with Crippen molar-refractivity contribution >= 4 is 23.7 Å². The predicted molar refractivity (Wildman–Crippen MR) is 203 cm³/mol. The van der Waals surface area contributed by atoms with Crippen molar-refractivity contribution in [3.63, 3.8) is 0 Å². The summed E-state index contributed by atoms with van der Waals surface area (Å²) in [6.07, 6.45) is 10.1. The molecule has 1 atom stereocenters. The van der Waals surface area contributed by atoms with Gasteiger partial charge in [0.1, 0.15) is 10.7 Å². The van der Waals surface area contributed by atoms with Crippen LogP contribution in [0.25, 0.3) is 12.2 Å². The Balaban J connectivity index is 1.09. The number of ether oxygens (including phenoxy) is 2. The molecular formula is C42H46N4O5. The number of carbonyl (C=O) groups is 1. The Hall–Kier alpha value is -5.41. The van der Waals surface area contributed by atoms with E-state index in [-0.39, 0.29) is 22.4 Å². The van der Waals surface area contributed by atoms with E-state index in [1.165, 1.54) is 26.8 Å². The fourth-order valence-corrected chi connectivity index (χ4v) is 6.87. The van der Waals surface area contributed by atoms with Crippen LogP contribution in [0, 0.1) is 5.92 Å². The van der Waals surface area contributed by atoms with Gasteiger partial charge in [-0.25, -0.2) is 0 Å². The molecule has 9 heteroatoms. The van der Waals surface area contributed by atoms with Gasteiger partial charge in [0.2, 0.25) is 0 Å². The number of benzene rings is 3. The number of amides is 1. The number of hydrogen-bond donors (Lipinski definition) is 2. The molecule has 0 radical (unpaired) electrons. The Labute approximate surface area is 298 Å². The van der Waals surface area contributed by atoms with Crippen molar-refractivity contribution in [2.45, 2.75) is 45.6 Å². The molecule has 264 valence electrons. The lowest BCUT2D eigenvalue weighted by molar-refractivity contribution is 0.102. The van der Waals surface area contributed by atoms with Gasteiger partial charge in [-0.2, -0.15) is 0 Å². The first-order chi connectivity index (χ1) is 24.6. The molecule has 1 aliphatic heterocycles. The third-order valence-corrected chi connectivity index (χ3v) is 10.0. The highest BCUT2D eigenvalue weighted by atomic mass is 16.5. The number of allylic oxidation sites excluding steroid dienone is 3. The van der Waals surface area contributed by atoms with E-state index in [4.69, 9.17) is 9.47 Å². The standard InChI is InChI=1S/C42H46N4O5/c1-27(2)31-13-9-29(10-14-31)23-37-41(48)44-36(42(49)45(37)3)22-30-7-6-8-33(21-30)40(47)43-35-15-11-28(12-16-35)17-19-46-20-18-32-24-38(50-4)39(51-5)25-34(32)26-46/h6-9,11-12,15-16,21-25,31H,1,10,13-14,17-20,26H2,2-5H3,(H,43,47)(H,44,48)/t31-/m1/s1. The van der Waals surface area contributed by atoms with Crippen LogP contribution >= 0.6 is 0 Å². The molecule has 1 amide bonds. The molecule has 1 aliphatic carbocycles. The molecule has 2 heterocycles. The second-order valence-electron chi connectivity index (χ2n) is 13.5. The van der Waals surface area contributed by atoms with E-state index in [0.717, 1.165) is 68.8 Å². The minimum Gasteiger partial charge on any atom is -0.493 e. The number of H-pyrrole nitrogens is 1. The van der Waals surface area contributed by atoms with Gasteiger partial charge in [0.25, 0.3) is 17.0 Å². The number of hydrogen-bond acceptors (Lipinski definition) is 6. The lowest BCUT2D eigenvalue weighted by Gasteiger charge is -2.29. The van der Waals surface area contributed by atoms with Gasteiger partial charge in [0.05, 0.1) is 14.2 Å². The van der Waals surface area contributed by atoms with Crippen LogP contribution in [0.4, 0.5) is 5.69 Å². The summed E-state index contributed by atoms with van der Waals surface area (Å²) in [7, 11) is 4.94. The smallest absolute Gasteiger partial charge is 0.274 e. The maximum Gasteiger partial charge on any atom is 0.274 e. The van der Waals surface area contributed by atoms with Crippen molar-refractivity contribution in [1.82, 2.24) is 14.5 Å². The monoisotopic (exact) mass is 686 g/mol. The van der Waals surface area contributed by atoms with Crippen molar-refractivity contribution in [3.8, 4) is 11.5 Å². The molecule has 0 saturated carbocycles. The number of fused-ring (bicyclic) bond motifs is 1.